The summed E-state index contributed by atoms with van der Waals surface area (Å²) in [5.74, 6) is -0.977. The highest BCUT2D eigenvalue weighted by atomic mass is 16.3. The summed E-state index contributed by atoms with van der Waals surface area (Å²) in [6.45, 7) is 2.81. The first-order chi connectivity index (χ1) is 18.9. The van der Waals surface area contributed by atoms with Gasteiger partial charge in [-0.3, -0.25) is 4.79 Å². The molecule has 0 unspecified atom stereocenters. The predicted octanol–water partition coefficient (Wildman–Crippen LogP) is 8.75. The zero-order valence-corrected chi connectivity index (χ0v) is 23.6. The Kier molecular flexibility index (Phi) is 12.5. The van der Waals surface area contributed by atoms with Crippen LogP contribution >= 0.6 is 0 Å². The van der Waals surface area contributed by atoms with Gasteiger partial charge in [-0.05, 0) is 36.8 Å². The Morgan fingerprint density at radius 1 is 0.615 bits per heavy atom. The molecule has 214 valence electrons. The Balaban J connectivity index is 1.48. The molecule has 2 aromatic carbocycles. The molecule has 3 aromatic rings. The Bertz CT molecular complexity index is 1230. The molecule has 0 aliphatic carbocycles. The average Bonchev–Trinajstić information content (AvgIpc) is 2.92. The number of phenolic OH excluding ortho intramolecular Hbond substituents is 3. The predicted molar refractivity (Wildman–Crippen MR) is 160 cm³/mol. The minimum absolute atomic E-state index is 0.0350. The molecule has 1 heterocycles. The van der Waals surface area contributed by atoms with Crippen molar-refractivity contribution in [2.24, 2.45) is 0 Å². The smallest absolute Gasteiger partial charge is 0.231 e. The standard InChI is InChI=1S/C33H47NO5/c1-2-3-4-5-6-7-8-9-10-11-12-13-14-15-16-17-22-34-28-24-26(35)19-20-27(28)32(38)33(39)31(34)25-18-21-29(36)30(37)23-25/h18-21,23-24,35-37,39H,2-17,22H2,1H3. The van der Waals surface area contributed by atoms with Gasteiger partial charge in [-0.1, -0.05) is 103 Å². The molecule has 0 aliphatic heterocycles. The van der Waals surface area contributed by atoms with Gasteiger partial charge in [0.15, 0.2) is 17.2 Å². The number of fused-ring (bicyclic) bond motifs is 1. The monoisotopic (exact) mass is 537 g/mol. The Labute approximate surface area is 233 Å². The van der Waals surface area contributed by atoms with Crippen LogP contribution in [0.25, 0.3) is 22.2 Å². The molecule has 0 radical (unpaired) electrons. The zero-order chi connectivity index (χ0) is 28.0. The third-order valence-electron chi connectivity index (χ3n) is 7.71. The highest BCUT2D eigenvalue weighted by Crippen LogP contribution is 2.36. The number of rotatable bonds is 18. The van der Waals surface area contributed by atoms with E-state index < -0.39 is 11.2 Å². The number of hydrogen-bond acceptors (Lipinski definition) is 5. The number of nitrogens with zero attached hydrogens (tertiary/aromatic N) is 1. The van der Waals surface area contributed by atoms with Crippen LogP contribution in [0, 0.1) is 0 Å². The fourth-order valence-corrected chi connectivity index (χ4v) is 5.43. The largest absolute Gasteiger partial charge is 0.508 e. The highest BCUT2D eigenvalue weighted by molar-refractivity contribution is 5.87. The second-order valence-electron chi connectivity index (χ2n) is 10.9. The quantitative estimate of drug-likeness (QED) is 0.0959. The topological polar surface area (TPSA) is 103 Å². The Morgan fingerprint density at radius 2 is 1.15 bits per heavy atom. The van der Waals surface area contributed by atoms with E-state index in [1.807, 2.05) is 4.57 Å². The van der Waals surface area contributed by atoms with Crippen molar-refractivity contribution in [3.05, 3.63) is 46.6 Å². The summed E-state index contributed by atoms with van der Waals surface area (Å²) >= 11 is 0. The van der Waals surface area contributed by atoms with Crippen molar-refractivity contribution in [2.75, 3.05) is 0 Å². The Morgan fingerprint density at radius 3 is 1.69 bits per heavy atom. The van der Waals surface area contributed by atoms with E-state index in [2.05, 4.69) is 6.92 Å². The number of benzene rings is 2. The number of aromatic nitrogens is 1. The molecule has 1 aromatic heterocycles. The molecule has 39 heavy (non-hydrogen) atoms. The van der Waals surface area contributed by atoms with Crippen molar-refractivity contribution >= 4 is 10.9 Å². The molecule has 0 fully saturated rings. The van der Waals surface area contributed by atoms with Gasteiger partial charge < -0.3 is 25.0 Å². The van der Waals surface area contributed by atoms with Gasteiger partial charge in [-0.2, -0.15) is 0 Å². The van der Waals surface area contributed by atoms with Gasteiger partial charge in [0, 0.05) is 23.6 Å². The summed E-state index contributed by atoms with van der Waals surface area (Å²) in [6.07, 6.45) is 20.4. The van der Waals surface area contributed by atoms with Crippen molar-refractivity contribution in [1.29, 1.82) is 0 Å². The normalized spacial score (nSPS) is 11.4. The molecule has 6 nitrogen and oxygen atoms in total. The van der Waals surface area contributed by atoms with E-state index in [1.54, 1.807) is 6.07 Å². The van der Waals surface area contributed by atoms with Gasteiger partial charge in [0.1, 0.15) is 5.75 Å². The van der Waals surface area contributed by atoms with E-state index in [4.69, 9.17) is 0 Å². The van der Waals surface area contributed by atoms with Crippen LogP contribution in [0.3, 0.4) is 0 Å². The minimum atomic E-state index is -0.532. The highest BCUT2D eigenvalue weighted by Gasteiger charge is 2.19. The molecule has 0 bridgehead atoms. The van der Waals surface area contributed by atoms with Crippen LogP contribution in [-0.4, -0.2) is 25.0 Å². The average molecular weight is 538 g/mol. The van der Waals surface area contributed by atoms with Crippen molar-refractivity contribution < 1.29 is 20.4 Å². The van der Waals surface area contributed by atoms with Gasteiger partial charge in [0.2, 0.25) is 5.43 Å². The lowest BCUT2D eigenvalue weighted by molar-refractivity contribution is 0.404. The van der Waals surface area contributed by atoms with Crippen LogP contribution in [0.5, 0.6) is 23.0 Å². The third-order valence-corrected chi connectivity index (χ3v) is 7.71. The van der Waals surface area contributed by atoms with Crippen molar-refractivity contribution in [3.8, 4) is 34.3 Å². The molecule has 4 N–H and O–H groups in total. The molecule has 0 aliphatic rings. The maximum Gasteiger partial charge on any atom is 0.231 e. The number of hydrogen-bond donors (Lipinski definition) is 4. The summed E-state index contributed by atoms with van der Waals surface area (Å²) in [4.78, 5) is 12.9. The van der Waals surface area contributed by atoms with Gasteiger partial charge in [0.05, 0.1) is 11.2 Å². The van der Waals surface area contributed by atoms with E-state index in [-0.39, 0.29) is 22.9 Å². The van der Waals surface area contributed by atoms with Crippen molar-refractivity contribution in [1.82, 2.24) is 4.57 Å². The second kappa shape index (κ2) is 16.1. The molecular weight excluding hydrogens is 490 g/mol. The van der Waals surface area contributed by atoms with Crippen LogP contribution < -0.4 is 5.43 Å². The van der Waals surface area contributed by atoms with E-state index in [0.717, 1.165) is 19.3 Å². The molecule has 0 saturated carbocycles. The summed E-state index contributed by atoms with van der Waals surface area (Å²) < 4.78 is 1.83. The van der Waals surface area contributed by atoms with E-state index in [9.17, 15) is 25.2 Å². The molecule has 0 atom stereocenters. The van der Waals surface area contributed by atoms with Crippen LogP contribution in [-0.2, 0) is 6.54 Å². The lowest BCUT2D eigenvalue weighted by atomic mass is 10.0. The number of unbranched alkanes of at least 4 members (excludes halogenated alkanes) is 15. The first-order valence-corrected chi connectivity index (χ1v) is 15.0. The maximum absolute atomic E-state index is 12.9. The van der Waals surface area contributed by atoms with Gasteiger partial charge >= 0.3 is 0 Å². The molecule has 0 spiro atoms. The van der Waals surface area contributed by atoms with E-state index in [0.29, 0.717) is 23.0 Å². The van der Waals surface area contributed by atoms with Crippen molar-refractivity contribution in [3.63, 3.8) is 0 Å². The van der Waals surface area contributed by atoms with Gasteiger partial charge in [-0.15, -0.1) is 0 Å². The molecule has 0 saturated heterocycles. The molecule has 6 heteroatoms. The maximum atomic E-state index is 12.9. The van der Waals surface area contributed by atoms with Crippen LogP contribution in [0.1, 0.15) is 110 Å². The first kappa shape index (κ1) is 30.4. The number of aryl methyl sites for hydroxylation is 1. The summed E-state index contributed by atoms with van der Waals surface area (Å²) in [5.41, 5.74) is 0.688. The summed E-state index contributed by atoms with van der Waals surface area (Å²) in [6, 6.07) is 8.72. The zero-order valence-electron chi connectivity index (χ0n) is 23.6. The van der Waals surface area contributed by atoms with Gasteiger partial charge in [-0.25, -0.2) is 0 Å². The van der Waals surface area contributed by atoms with E-state index in [1.165, 1.54) is 114 Å². The molecular formula is C33H47NO5. The van der Waals surface area contributed by atoms with E-state index >= 15 is 0 Å². The second-order valence-corrected chi connectivity index (χ2v) is 10.9. The van der Waals surface area contributed by atoms with Crippen LogP contribution in [0.15, 0.2) is 41.2 Å². The third kappa shape index (κ3) is 8.94. The SMILES string of the molecule is CCCCCCCCCCCCCCCCCCn1c(-c2ccc(O)c(O)c2)c(O)c(=O)c2ccc(O)cc21. The Hall–Kier alpha value is -3.15. The molecule has 3 rings (SSSR count). The van der Waals surface area contributed by atoms with Gasteiger partial charge in [0.25, 0.3) is 0 Å². The lowest BCUT2D eigenvalue weighted by Crippen LogP contribution is -2.13. The fourth-order valence-electron chi connectivity index (χ4n) is 5.43. The van der Waals surface area contributed by atoms with Crippen LogP contribution in [0.4, 0.5) is 0 Å². The first-order valence-electron chi connectivity index (χ1n) is 15.0. The number of aromatic hydroxyl groups is 4. The lowest BCUT2D eigenvalue weighted by Gasteiger charge is -2.19. The van der Waals surface area contributed by atoms with Crippen LogP contribution in [0.2, 0.25) is 0 Å². The molecule has 0 amide bonds. The number of pyridine rings is 1. The fraction of sp³-hybridized carbons (Fsp3) is 0.545. The minimum Gasteiger partial charge on any atom is -0.508 e. The number of phenols is 3. The summed E-state index contributed by atoms with van der Waals surface area (Å²) in [7, 11) is 0. The van der Waals surface area contributed by atoms with Crippen molar-refractivity contribution in [2.45, 2.75) is 116 Å². The summed E-state index contributed by atoms with van der Waals surface area (Å²) in [5, 5.41) is 41.1.